The fraction of sp³-hybridized carbons (Fsp3) is 0.571. The first-order valence-electron chi connectivity index (χ1n) is 7.03. The monoisotopic (exact) mass is 281 g/mol. The van der Waals surface area contributed by atoms with Crippen LogP contribution in [0.5, 0.6) is 0 Å². The fourth-order valence-electron chi connectivity index (χ4n) is 2.60. The summed E-state index contributed by atoms with van der Waals surface area (Å²) < 4.78 is 13.3. The molecule has 0 amide bonds. The van der Waals surface area contributed by atoms with Crippen LogP contribution in [-0.4, -0.2) is 35.5 Å². The largest absolute Gasteiger partial charge is 0.382 e. The summed E-state index contributed by atoms with van der Waals surface area (Å²) in [6.07, 6.45) is 3.17. The molecule has 1 aliphatic rings. The average Bonchev–Trinajstić information content (AvgIpc) is 2.43. The summed E-state index contributed by atoms with van der Waals surface area (Å²) in [7, 11) is 0. The minimum atomic E-state index is -0.793. The van der Waals surface area contributed by atoms with E-state index in [1.807, 2.05) is 0 Å². The molecule has 1 aromatic carbocycles. The van der Waals surface area contributed by atoms with Crippen LogP contribution in [0.4, 0.5) is 15.8 Å². The first-order valence-corrected chi connectivity index (χ1v) is 7.03. The molecular weight excluding hydrogens is 261 g/mol. The maximum atomic E-state index is 13.3. The van der Waals surface area contributed by atoms with Crippen LogP contribution in [0, 0.1) is 15.9 Å². The molecule has 0 aliphatic carbocycles. The van der Waals surface area contributed by atoms with Crippen LogP contribution in [0.3, 0.4) is 0 Å². The van der Waals surface area contributed by atoms with Gasteiger partial charge in [-0.2, -0.15) is 4.39 Å². The van der Waals surface area contributed by atoms with Crippen molar-refractivity contribution < 1.29 is 9.31 Å². The Balaban J connectivity index is 1.94. The number of halogens is 1. The number of nitro benzene ring substituents is 1. The van der Waals surface area contributed by atoms with E-state index in [1.165, 1.54) is 6.07 Å². The van der Waals surface area contributed by atoms with Crippen molar-refractivity contribution in [3.05, 3.63) is 34.1 Å². The van der Waals surface area contributed by atoms with Crippen molar-refractivity contribution in [2.45, 2.75) is 32.2 Å². The van der Waals surface area contributed by atoms with E-state index >= 15 is 0 Å². The summed E-state index contributed by atoms with van der Waals surface area (Å²) in [5.74, 6) is -0.793. The molecule has 1 N–H and O–H groups in total. The number of hydrogen-bond acceptors (Lipinski definition) is 4. The second-order valence-corrected chi connectivity index (χ2v) is 5.18. The summed E-state index contributed by atoms with van der Waals surface area (Å²) in [5, 5.41) is 14.0. The van der Waals surface area contributed by atoms with E-state index in [9.17, 15) is 14.5 Å². The van der Waals surface area contributed by atoms with Crippen molar-refractivity contribution in [3.63, 3.8) is 0 Å². The number of nitrogens with zero attached hydrogens (tertiary/aromatic N) is 2. The highest BCUT2D eigenvalue weighted by molar-refractivity contribution is 5.52. The molecule has 0 unspecified atom stereocenters. The van der Waals surface area contributed by atoms with E-state index in [4.69, 9.17) is 0 Å². The summed E-state index contributed by atoms with van der Waals surface area (Å²) in [4.78, 5) is 12.4. The Labute approximate surface area is 117 Å². The smallest absolute Gasteiger partial charge is 0.306 e. The molecule has 1 aliphatic heterocycles. The van der Waals surface area contributed by atoms with Crippen LogP contribution in [0.1, 0.15) is 26.2 Å². The standard InChI is InChI=1S/C14H20FN3O2/c1-2-7-17-8-5-11(6-9-17)16-12-3-4-13(15)14(10-12)18(19)20/h3-4,10-11,16H,2,5-9H2,1H3. The maximum absolute atomic E-state index is 13.3. The van der Waals surface area contributed by atoms with Gasteiger partial charge in [-0.25, -0.2) is 0 Å². The summed E-state index contributed by atoms with van der Waals surface area (Å²) >= 11 is 0. The van der Waals surface area contributed by atoms with Crippen LogP contribution in [0.15, 0.2) is 18.2 Å². The lowest BCUT2D eigenvalue weighted by Crippen LogP contribution is -2.39. The van der Waals surface area contributed by atoms with E-state index < -0.39 is 16.4 Å². The van der Waals surface area contributed by atoms with Gasteiger partial charge in [-0.3, -0.25) is 10.1 Å². The van der Waals surface area contributed by atoms with Gasteiger partial charge in [0.1, 0.15) is 0 Å². The minimum absolute atomic E-state index is 0.299. The molecule has 20 heavy (non-hydrogen) atoms. The number of nitrogens with one attached hydrogen (secondary N) is 1. The first-order chi connectivity index (χ1) is 9.60. The zero-order valence-corrected chi connectivity index (χ0v) is 11.6. The summed E-state index contributed by atoms with van der Waals surface area (Å²) in [5.41, 5.74) is 0.144. The number of hydrogen-bond donors (Lipinski definition) is 1. The molecular formula is C14H20FN3O2. The lowest BCUT2D eigenvalue weighted by atomic mass is 10.0. The lowest BCUT2D eigenvalue weighted by molar-refractivity contribution is -0.387. The van der Waals surface area contributed by atoms with Crippen LogP contribution >= 0.6 is 0 Å². The van der Waals surface area contributed by atoms with E-state index in [0.717, 1.165) is 45.0 Å². The van der Waals surface area contributed by atoms with Crippen LogP contribution in [-0.2, 0) is 0 Å². The zero-order chi connectivity index (χ0) is 14.5. The van der Waals surface area contributed by atoms with Gasteiger partial charge in [-0.1, -0.05) is 6.92 Å². The third-order valence-corrected chi connectivity index (χ3v) is 3.64. The molecule has 1 fully saturated rings. The predicted molar refractivity (Wildman–Crippen MR) is 76.4 cm³/mol. The fourth-order valence-corrected chi connectivity index (χ4v) is 2.60. The maximum Gasteiger partial charge on any atom is 0.306 e. The third-order valence-electron chi connectivity index (χ3n) is 3.64. The number of benzene rings is 1. The molecule has 0 aromatic heterocycles. The Hall–Kier alpha value is -1.69. The molecule has 0 radical (unpaired) electrons. The molecule has 5 nitrogen and oxygen atoms in total. The van der Waals surface area contributed by atoms with Gasteiger partial charge in [0.2, 0.25) is 5.82 Å². The van der Waals surface area contributed by atoms with Gasteiger partial charge in [0, 0.05) is 30.9 Å². The second-order valence-electron chi connectivity index (χ2n) is 5.18. The van der Waals surface area contributed by atoms with Gasteiger partial charge in [0.05, 0.1) is 4.92 Å². The van der Waals surface area contributed by atoms with Crippen LogP contribution in [0.2, 0.25) is 0 Å². The molecule has 1 heterocycles. The second kappa shape index (κ2) is 6.65. The highest BCUT2D eigenvalue weighted by Gasteiger charge is 2.20. The average molecular weight is 281 g/mol. The number of likely N-dealkylation sites (tertiary alicyclic amines) is 1. The SMILES string of the molecule is CCCN1CCC(Nc2ccc(F)c([N+](=O)[O-])c2)CC1. The Morgan fingerprint density at radius 1 is 1.45 bits per heavy atom. The Morgan fingerprint density at radius 3 is 2.75 bits per heavy atom. The van der Waals surface area contributed by atoms with Crippen molar-refractivity contribution in [3.8, 4) is 0 Å². The number of piperidine rings is 1. The highest BCUT2D eigenvalue weighted by Crippen LogP contribution is 2.23. The molecule has 0 spiro atoms. The molecule has 6 heteroatoms. The van der Waals surface area contributed by atoms with E-state index in [2.05, 4.69) is 17.1 Å². The molecule has 0 bridgehead atoms. The zero-order valence-electron chi connectivity index (χ0n) is 11.6. The summed E-state index contributed by atoms with van der Waals surface area (Å²) in [6.45, 7) is 5.36. The van der Waals surface area contributed by atoms with Crippen molar-refractivity contribution in [2.75, 3.05) is 25.0 Å². The van der Waals surface area contributed by atoms with Gasteiger partial charge >= 0.3 is 5.69 Å². The topological polar surface area (TPSA) is 58.4 Å². The van der Waals surface area contributed by atoms with Crippen LogP contribution in [0.25, 0.3) is 0 Å². The number of nitro groups is 1. The molecule has 1 saturated heterocycles. The lowest BCUT2D eigenvalue weighted by Gasteiger charge is -2.32. The van der Waals surface area contributed by atoms with Crippen molar-refractivity contribution >= 4 is 11.4 Å². The van der Waals surface area contributed by atoms with E-state index in [1.54, 1.807) is 6.07 Å². The first kappa shape index (κ1) is 14.7. The van der Waals surface area contributed by atoms with Gasteiger partial charge in [0.25, 0.3) is 0 Å². The number of anilines is 1. The highest BCUT2D eigenvalue weighted by atomic mass is 19.1. The number of rotatable bonds is 5. The van der Waals surface area contributed by atoms with Gasteiger partial charge < -0.3 is 10.2 Å². The normalized spacial score (nSPS) is 17.1. The Kier molecular flexibility index (Phi) is 4.89. The minimum Gasteiger partial charge on any atom is -0.382 e. The molecule has 0 atom stereocenters. The van der Waals surface area contributed by atoms with Crippen LogP contribution < -0.4 is 5.32 Å². The van der Waals surface area contributed by atoms with Crippen molar-refractivity contribution in [2.24, 2.45) is 0 Å². The quantitative estimate of drug-likeness (QED) is 0.665. The summed E-state index contributed by atoms with van der Waals surface area (Å²) in [6, 6.07) is 4.27. The Bertz CT molecular complexity index is 473. The molecule has 2 rings (SSSR count). The third kappa shape index (κ3) is 3.66. The van der Waals surface area contributed by atoms with E-state index in [0.29, 0.717) is 11.7 Å². The van der Waals surface area contributed by atoms with Gasteiger partial charge in [-0.15, -0.1) is 0 Å². The molecule has 110 valence electrons. The van der Waals surface area contributed by atoms with Crippen molar-refractivity contribution in [1.29, 1.82) is 0 Å². The van der Waals surface area contributed by atoms with Gasteiger partial charge in [0.15, 0.2) is 0 Å². The van der Waals surface area contributed by atoms with Gasteiger partial charge in [-0.05, 0) is 37.9 Å². The molecule has 0 saturated carbocycles. The predicted octanol–water partition coefficient (Wildman–Crippen LogP) is 3.02. The molecule has 1 aromatic rings. The van der Waals surface area contributed by atoms with E-state index in [-0.39, 0.29) is 0 Å². The van der Waals surface area contributed by atoms with Crippen molar-refractivity contribution in [1.82, 2.24) is 4.90 Å². The Morgan fingerprint density at radius 2 is 2.15 bits per heavy atom.